The lowest BCUT2D eigenvalue weighted by atomic mass is 10.0. The van der Waals surface area contributed by atoms with Crippen molar-refractivity contribution < 1.29 is 14.3 Å². The third-order valence-electron chi connectivity index (χ3n) is 4.95. The molecule has 24 heavy (non-hydrogen) atoms. The molecule has 0 unspecified atom stereocenters. The molecule has 3 rings (SSSR count). The third kappa shape index (κ3) is 4.71. The van der Waals surface area contributed by atoms with Crippen LogP contribution in [0, 0.1) is 0 Å². The molecule has 0 aromatic heterocycles. The Morgan fingerprint density at radius 2 is 2.00 bits per heavy atom. The van der Waals surface area contributed by atoms with E-state index in [9.17, 15) is 4.79 Å². The zero-order valence-electron chi connectivity index (χ0n) is 14.5. The van der Waals surface area contributed by atoms with Gasteiger partial charge in [0, 0.05) is 31.3 Å². The van der Waals surface area contributed by atoms with E-state index in [2.05, 4.69) is 17.1 Å². The highest BCUT2D eigenvalue weighted by atomic mass is 16.5. The molecule has 1 aromatic carbocycles. The fourth-order valence-electron chi connectivity index (χ4n) is 3.33. The van der Waals surface area contributed by atoms with Gasteiger partial charge in [-0.05, 0) is 56.5 Å². The predicted octanol–water partition coefficient (Wildman–Crippen LogP) is 2.46. The number of nitrogens with one attached hydrogen (secondary N) is 1. The summed E-state index contributed by atoms with van der Waals surface area (Å²) in [6, 6.07) is 7.69. The summed E-state index contributed by atoms with van der Waals surface area (Å²) in [6.45, 7) is 6.83. The first-order valence-corrected chi connectivity index (χ1v) is 9.12. The number of amides is 1. The Bertz CT molecular complexity index is 518. The lowest BCUT2D eigenvalue weighted by Gasteiger charge is -2.31. The van der Waals surface area contributed by atoms with Crippen molar-refractivity contribution >= 4 is 5.91 Å². The van der Waals surface area contributed by atoms with Gasteiger partial charge in [0.25, 0.3) is 5.91 Å². The molecule has 0 spiro atoms. The summed E-state index contributed by atoms with van der Waals surface area (Å²) in [4.78, 5) is 14.8. The van der Waals surface area contributed by atoms with E-state index >= 15 is 0 Å². The summed E-state index contributed by atoms with van der Waals surface area (Å²) in [5.74, 6) is 0.800. The predicted molar refractivity (Wildman–Crippen MR) is 93.5 cm³/mol. The molecule has 1 aromatic rings. The number of rotatable bonds is 6. The number of hydrogen-bond acceptors (Lipinski definition) is 4. The first-order chi connectivity index (χ1) is 11.7. The molecule has 0 saturated carbocycles. The van der Waals surface area contributed by atoms with Gasteiger partial charge < -0.3 is 19.7 Å². The van der Waals surface area contributed by atoms with E-state index in [1.54, 1.807) is 0 Å². The molecule has 2 heterocycles. The largest absolute Gasteiger partial charge is 0.491 e. The number of piperidine rings is 1. The molecule has 0 aliphatic carbocycles. The first-order valence-electron chi connectivity index (χ1n) is 9.12. The van der Waals surface area contributed by atoms with Gasteiger partial charge in [0.2, 0.25) is 0 Å². The SMILES string of the molecule is CCN1CCC(NC(=O)c2ccc(OC[C@@H]3CCCO3)cc2)CC1. The standard InChI is InChI=1S/C19H28N2O3/c1-2-21-11-9-16(10-12-21)20-19(22)15-5-7-17(8-6-15)24-14-18-4-3-13-23-18/h5-8,16,18H,2-4,9-14H2,1H3,(H,20,22)/t18-/m0/s1. The van der Waals surface area contributed by atoms with Gasteiger partial charge in [-0.1, -0.05) is 6.92 Å². The Labute approximate surface area is 144 Å². The van der Waals surface area contributed by atoms with Crippen molar-refractivity contribution in [3.8, 4) is 5.75 Å². The summed E-state index contributed by atoms with van der Waals surface area (Å²) in [6.07, 6.45) is 4.45. The molecule has 2 saturated heterocycles. The fraction of sp³-hybridized carbons (Fsp3) is 0.632. The molecule has 5 nitrogen and oxygen atoms in total. The molecule has 2 aliphatic heterocycles. The average Bonchev–Trinajstić information content (AvgIpc) is 3.14. The van der Waals surface area contributed by atoms with Gasteiger partial charge in [-0.15, -0.1) is 0 Å². The van der Waals surface area contributed by atoms with Crippen molar-refractivity contribution in [1.82, 2.24) is 10.2 Å². The number of carbonyl (C=O) groups is 1. The molecular weight excluding hydrogens is 304 g/mol. The Morgan fingerprint density at radius 1 is 1.25 bits per heavy atom. The minimum absolute atomic E-state index is 0.00984. The van der Waals surface area contributed by atoms with Gasteiger partial charge in [0.1, 0.15) is 12.4 Å². The minimum Gasteiger partial charge on any atom is -0.491 e. The second-order valence-electron chi connectivity index (χ2n) is 6.65. The molecule has 132 valence electrons. The number of ether oxygens (including phenoxy) is 2. The maximum Gasteiger partial charge on any atom is 0.251 e. The second-order valence-corrected chi connectivity index (χ2v) is 6.65. The van der Waals surface area contributed by atoms with Crippen LogP contribution in [0.1, 0.15) is 43.0 Å². The van der Waals surface area contributed by atoms with E-state index in [-0.39, 0.29) is 18.1 Å². The van der Waals surface area contributed by atoms with Gasteiger partial charge in [-0.25, -0.2) is 0 Å². The molecule has 2 aliphatic rings. The Hall–Kier alpha value is -1.59. The number of carbonyl (C=O) groups excluding carboxylic acids is 1. The van der Waals surface area contributed by atoms with Crippen LogP contribution in [0.3, 0.4) is 0 Å². The highest BCUT2D eigenvalue weighted by molar-refractivity contribution is 5.94. The van der Waals surface area contributed by atoms with Crippen LogP contribution in [-0.2, 0) is 4.74 Å². The summed E-state index contributed by atoms with van der Waals surface area (Å²) in [5, 5.41) is 3.15. The monoisotopic (exact) mass is 332 g/mol. The smallest absolute Gasteiger partial charge is 0.251 e. The molecular formula is C19H28N2O3. The quantitative estimate of drug-likeness (QED) is 0.869. The van der Waals surface area contributed by atoms with Crippen LogP contribution in [0.4, 0.5) is 0 Å². The maximum absolute atomic E-state index is 12.4. The summed E-state index contributed by atoms with van der Waals surface area (Å²) in [5.41, 5.74) is 0.692. The highest BCUT2D eigenvalue weighted by Crippen LogP contribution is 2.17. The fourth-order valence-corrected chi connectivity index (χ4v) is 3.33. The maximum atomic E-state index is 12.4. The molecule has 5 heteroatoms. The molecule has 1 N–H and O–H groups in total. The molecule has 0 radical (unpaired) electrons. The van der Waals surface area contributed by atoms with Gasteiger partial charge in [-0.2, -0.15) is 0 Å². The lowest BCUT2D eigenvalue weighted by Crippen LogP contribution is -2.44. The third-order valence-corrected chi connectivity index (χ3v) is 4.95. The summed E-state index contributed by atoms with van der Waals surface area (Å²) < 4.78 is 11.3. The first kappa shape index (κ1) is 17.2. The normalized spacial score (nSPS) is 22.5. The van der Waals surface area contributed by atoms with E-state index in [1.165, 1.54) is 0 Å². The van der Waals surface area contributed by atoms with Crippen LogP contribution < -0.4 is 10.1 Å². The van der Waals surface area contributed by atoms with Gasteiger partial charge in [0.15, 0.2) is 0 Å². The van der Waals surface area contributed by atoms with E-state index in [1.807, 2.05) is 24.3 Å². The molecule has 0 bridgehead atoms. The van der Waals surface area contributed by atoms with Crippen LogP contribution in [0.15, 0.2) is 24.3 Å². The summed E-state index contributed by atoms with van der Waals surface area (Å²) in [7, 11) is 0. The van der Waals surface area contributed by atoms with Crippen LogP contribution in [0.25, 0.3) is 0 Å². The van der Waals surface area contributed by atoms with E-state index < -0.39 is 0 Å². The Kier molecular flexibility index (Phi) is 6.10. The number of nitrogens with zero attached hydrogens (tertiary/aromatic N) is 1. The Morgan fingerprint density at radius 3 is 2.62 bits per heavy atom. The van der Waals surface area contributed by atoms with Crippen LogP contribution >= 0.6 is 0 Å². The second kappa shape index (κ2) is 8.49. The molecule has 2 fully saturated rings. The molecule has 1 atom stereocenters. The van der Waals surface area contributed by atoms with Gasteiger partial charge in [-0.3, -0.25) is 4.79 Å². The zero-order valence-corrected chi connectivity index (χ0v) is 14.5. The number of likely N-dealkylation sites (tertiary alicyclic amines) is 1. The van der Waals surface area contributed by atoms with Gasteiger partial charge >= 0.3 is 0 Å². The number of benzene rings is 1. The van der Waals surface area contributed by atoms with Crippen molar-refractivity contribution in [2.75, 3.05) is 32.8 Å². The minimum atomic E-state index is 0.00984. The number of hydrogen-bond donors (Lipinski definition) is 1. The van der Waals surface area contributed by atoms with Gasteiger partial charge in [0.05, 0.1) is 6.10 Å². The average molecular weight is 332 g/mol. The van der Waals surface area contributed by atoms with Crippen molar-refractivity contribution in [3.63, 3.8) is 0 Å². The highest BCUT2D eigenvalue weighted by Gasteiger charge is 2.20. The van der Waals surface area contributed by atoms with Crippen LogP contribution in [0.2, 0.25) is 0 Å². The summed E-state index contributed by atoms with van der Waals surface area (Å²) >= 11 is 0. The van der Waals surface area contributed by atoms with Crippen molar-refractivity contribution in [2.24, 2.45) is 0 Å². The van der Waals surface area contributed by atoms with Crippen molar-refractivity contribution in [3.05, 3.63) is 29.8 Å². The molecule has 1 amide bonds. The van der Waals surface area contributed by atoms with E-state index in [0.717, 1.165) is 57.7 Å². The van der Waals surface area contributed by atoms with Crippen molar-refractivity contribution in [1.29, 1.82) is 0 Å². The Balaban J connectivity index is 1.45. The van der Waals surface area contributed by atoms with E-state index in [4.69, 9.17) is 9.47 Å². The van der Waals surface area contributed by atoms with Crippen LogP contribution in [0.5, 0.6) is 5.75 Å². The topological polar surface area (TPSA) is 50.8 Å². The van der Waals surface area contributed by atoms with Crippen LogP contribution in [-0.4, -0.2) is 55.8 Å². The van der Waals surface area contributed by atoms with Crippen molar-refractivity contribution in [2.45, 2.75) is 44.8 Å². The zero-order chi connectivity index (χ0) is 16.8. The van der Waals surface area contributed by atoms with E-state index in [0.29, 0.717) is 12.2 Å². The lowest BCUT2D eigenvalue weighted by molar-refractivity contribution is 0.0679.